The largest absolute Gasteiger partial charge is 0.508 e. The van der Waals surface area contributed by atoms with E-state index in [0.717, 1.165) is 16.0 Å². The second-order valence-electron chi connectivity index (χ2n) is 10.0. The van der Waals surface area contributed by atoms with Gasteiger partial charge in [0.05, 0.1) is 25.8 Å². The van der Waals surface area contributed by atoms with Crippen LogP contribution >= 0.6 is 0 Å². The number of nitrogens with one attached hydrogen (secondary N) is 5. The number of phenols is 1. The maximum atomic E-state index is 13.2. The van der Waals surface area contributed by atoms with Crippen molar-refractivity contribution in [2.24, 2.45) is 0 Å². The van der Waals surface area contributed by atoms with Gasteiger partial charge in [0.1, 0.15) is 23.9 Å². The van der Waals surface area contributed by atoms with Gasteiger partial charge in [-0.1, -0.05) is 42.5 Å². The van der Waals surface area contributed by atoms with Crippen LogP contribution in [0.1, 0.15) is 18.1 Å². The van der Waals surface area contributed by atoms with Crippen molar-refractivity contribution in [2.75, 3.05) is 40.4 Å². The van der Waals surface area contributed by atoms with Gasteiger partial charge in [-0.3, -0.25) is 24.0 Å². The van der Waals surface area contributed by atoms with E-state index in [1.165, 1.54) is 19.2 Å². The third-order valence-electron chi connectivity index (χ3n) is 6.87. The minimum Gasteiger partial charge on any atom is -0.508 e. The molecule has 2 aromatic carbocycles. The number of carbonyl (C=O) groups is 5. The lowest BCUT2D eigenvalue weighted by Gasteiger charge is -2.29. The van der Waals surface area contributed by atoms with E-state index in [0.29, 0.717) is 6.54 Å². The second-order valence-corrected chi connectivity index (χ2v) is 10.0. The summed E-state index contributed by atoms with van der Waals surface area (Å²) < 4.78 is 0. The molecule has 14 nitrogen and oxygen atoms in total. The summed E-state index contributed by atoms with van der Waals surface area (Å²) in [4.78, 5) is 65.3. The van der Waals surface area contributed by atoms with Crippen molar-refractivity contribution in [3.05, 3.63) is 65.7 Å². The molecule has 14 heteroatoms. The predicted octanol–water partition coefficient (Wildman–Crippen LogP) is -2.20. The summed E-state index contributed by atoms with van der Waals surface area (Å²) in [5.74, 6) is -3.23. The Balaban J connectivity index is 2.06. The van der Waals surface area contributed by atoms with Gasteiger partial charge in [0.25, 0.3) is 0 Å². The quantitative estimate of drug-likeness (QED) is 0.0971. The number of carbonyl (C=O) groups excluding carboxylic acids is 5. The van der Waals surface area contributed by atoms with Gasteiger partial charge < -0.3 is 46.8 Å². The number of amides is 5. The molecule has 2 aromatic rings. The third kappa shape index (κ3) is 10.9. The smallest absolute Gasteiger partial charge is 0.245 e. The zero-order chi connectivity index (χ0) is 32.6. The number of hydrogen-bond acceptors (Lipinski definition) is 9. The lowest BCUT2D eigenvalue weighted by Crippen LogP contribution is -2.58. The molecule has 0 saturated carbocycles. The van der Waals surface area contributed by atoms with Gasteiger partial charge in [0.15, 0.2) is 0 Å². The van der Waals surface area contributed by atoms with E-state index in [-0.39, 0.29) is 18.6 Å². The molecule has 240 valence electrons. The molecule has 0 bridgehead atoms. The summed E-state index contributed by atoms with van der Waals surface area (Å²) in [6.45, 7) is 0.0410. The summed E-state index contributed by atoms with van der Waals surface area (Å²) in [5.41, 5.74) is 1.48. The highest BCUT2D eigenvalue weighted by atomic mass is 16.3. The van der Waals surface area contributed by atoms with Crippen LogP contribution < -0.4 is 26.6 Å². The molecule has 0 radical (unpaired) electrons. The number of benzene rings is 2. The van der Waals surface area contributed by atoms with Crippen LogP contribution in [0.15, 0.2) is 54.6 Å². The van der Waals surface area contributed by atoms with Crippen LogP contribution in [0.25, 0.3) is 0 Å². The van der Waals surface area contributed by atoms with Crippen LogP contribution in [0.2, 0.25) is 0 Å². The van der Waals surface area contributed by atoms with Crippen molar-refractivity contribution in [3.8, 4) is 5.75 Å². The molecule has 5 amide bonds. The van der Waals surface area contributed by atoms with E-state index in [9.17, 15) is 39.3 Å². The summed E-state index contributed by atoms with van der Waals surface area (Å²) in [6.07, 6.45) is 0.325. The zero-order valence-corrected chi connectivity index (χ0v) is 25.1. The third-order valence-corrected chi connectivity index (χ3v) is 6.87. The van der Waals surface area contributed by atoms with Gasteiger partial charge in [0.2, 0.25) is 29.5 Å². The maximum Gasteiger partial charge on any atom is 0.245 e. The number of aliphatic hydroxyl groups excluding tert-OH is 2. The molecule has 0 aliphatic heterocycles. The Bertz CT molecular complexity index is 1240. The molecule has 0 spiro atoms. The first-order valence-electron chi connectivity index (χ1n) is 14.2. The number of nitrogens with zero attached hydrogens (tertiary/aromatic N) is 1. The maximum absolute atomic E-state index is 13.2. The van der Waals surface area contributed by atoms with Crippen LogP contribution in [-0.4, -0.2) is 114 Å². The van der Waals surface area contributed by atoms with Crippen LogP contribution in [0.5, 0.6) is 5.75 Å². The van der Waals surface area contributed by atoms with Crippen LogP contribution in [0, 0.1) is 0 Å². The van der Waals surface area contributed by atoms with Crippen molar-refractivity contribution in [1.29, 1.82) is 0 Å². The van der Waals surface area contributed by atoms with E-state index in [1.807, 2.05) is 0 Å². The fourth-order valence-corrected chi connectivity index (χ4v) is 4.25. The Hall–Kier alpha value is -4.53. The first-order valence-corrected chi connectivity index (χ1v) is 14.2. The monoisotopic (exact) mass is 614 g/mol. The number of phenolic OH excluding ortho intramolecular Hbond substituents is 1. The van der Waals surface area contributed by atoms with Crippen molar-refractivity contribution >= 4 is 29.5 Å². The second kappa shape index (κ2) is 18.2. The molecular weight excluding hydrogens is 572 g/mol. The van der Waals surface area contributed by atoms with Crippen molar-refractivity contribution in [1.82, 2.24) is 31.5 Å². The van der Waals surface area contributed by atoms with E-state index >= 15 is 0 Å². The Labute approximate surface area is 256 Å². The fourth-order valence-electron chi connectivity index (χ4n) is 4.25. The highest BCUT2D eigenvalue weighted by molar-refractivity contribution is 5.94. The van der Waals surface area contributed by atoms with Gasteiger partial charge in [0, 0.05) is 20.0 Å². The molecular formula is C30H42N6O8. The van der Waals surface area contributed by atoms with Crippen LogP contribution in [-0.2, 0) is 36.8 Å². The van der Waals surface area contributed by atoms with Crippen molar-refractivity contribution < 1.29 is 39.3 Å². The summed E-state index contributed by atoms with van der Waals surface area (Å²) >= 11 is 0. The molecule has 0 fully saturated rings. The minimum absolute atomic E-state index is 0.0807. The number of aromatic hydroxyl groups is 1. The first-order chi connectivity index (χ1) is 21.0. The summed E-state index contributed by atoms with van der Waals surface area (Å²) in [5, 5.41) is 41.6. The number of aliphatic hydroxyl groups is 2. The predicted molar refractivity (Wildman–Crippen MR) is 161 cm³/mol. The molecule has 0 aliphatic carbocycles. The number of likely N-dealkylation sites (N-methyl/N-ethyl adjacent to an activating group) is 3. The van der Waals surface area contributed by atoms with Gasteiger partial charge >= 0.3 is 0 Å². The lowest BCUT2D eigenvalue weighted by molar-refractivity contribution is -0.140. The Morgan fingerprint density at radius 2 is 1.27 bits per heavy atom. The Kier molecular flexibility index (Phi) is 14.8. The summed E-state index contributed by atoms with van der Waals surface area (Å²) in [7, 11) is 2.93. The fraction of sp³-hybridized carbons (Fsp3) is 0.433. The average Bonchev–Trinajstić information content (AvgIpc) is 3.03. The van der Waals surface area contributed by atoms with Crippen LogP contribution in [0.3, 0.4) is 0 Å². The molecule has 4 atom stereocenters. The van der Waals surface area contributed by atoms with Crippen molar-refractivity contribution in [2.45, 2.75) is 43.9 Å². The molecule has 2 unspecified atom stereocenters. The Morgan fingerprint density at radius 3 is 1.82 bits per heavy atom. The van der Waals surface area contributed by atoms with Crippen molar-refractivity contribution in [3.63, 3.8) is 0 Å². The minimum atomic E-state index is -1.36. The lowest BCUT2D eigenvalue weighted by atomic mass is 10.0. The molecule has 0 aromatic heterocycles. The molecule has 0 saturated heterocycles. The number of hydrogen-bond donors (Lipinski definition) is 8. The van der Waals surface area contributed by atoms with Gasteiger partial charge in [-0.05, 0) is 43.7 Å². The molecule has 2 rings (SSSR count). The van der Waals surface area contributed by atoms with E-state index in [1.54, 1.807) is 56.4 Å². The van der Waals surface area contributed by atoms with Gasteiger partial charge in [-0.25, -0.2) is 0 Å². The van der Waals surface area contributed by atoms with E-state index in [2.05, 4.69) is 26.6 Å². The highest BCUT2D eigenvalue weighted by Gasteiger charge is 2.31. The SMILES string of the molecule is CCNC(=O)[C@@H](CO)NC(=O)C(Cc1ccccc1)N(C)C(=O)CNC(=O)[C@@H](CO)NC(=O)C(Cc1ccc(O)cc1)NC. The van der Waals surface area contributed by atoms with E-state index in [4.69, 9.17) is 0 Å². The number of rotatable bonds is 17. The zero-order valence-electron chi connectivity index (χ0n) is 25.1. The standard InChI is InChI=1S/C30H42N6O8/c1-4-32-27(41)23(17-37)35-30(44)25(15-19-8-6-5-7-9-19)36(3)26(40)16-33-28(42)24(18-38)34-29(43)22(31-2)14-20-10-12-21(39)13-11-20/h5-13,22-25,31,37-39H,4,14-18H2,1-3H3,(H,32,41)(H,33,42)(H,34,43)(H,35,44)/t22?,23-,24-,25?/m1/s1. The average molecular weight is 615 g/mol. The van der Waals surface area contributed by atoms with Gasteiger partial charge in [-0.2, -0.15) is 0 Å². The molecule has 44 heavy (non-hydrogen) atoms. The first kappa shape index (κ1) is 35.7. The Morgan fingerprint density at radius 1 is 0.727 bits per heavy atom. The highest BCUT2D eigenvalue weighted by Crippen LogP contribution is 2.12. The topological polar surface area (TPSA) is 209 Å². The normalized spacial score (nSPS) is 13.5. The van der Waals surface area contributed by atoms with Crippen LogP contribution in [0.4, 0.5) is 0 Å². The molecule has 0 aliphatic rings. The van der Waals surface area contributed by atoms with E-state index < -0.39 is 73.5 Å². The van der Waals surface area contributed by atoms with Gasteiger partial charge in [-0.15, -0.1) is 0 Å². The molecule has 0 heterocycles. The molecule has 8 N–H and O–H groups in total. The summed E-state index contributed by atoms with van der Waals surface area (Å²) in [6, 6.07) is 10.7.